The topological polar surface area (TPSA) is 59.1 Å². The number of nitrogens with two attached hydrogens (primary N) is 1. The number of aromatic nitrogens is 3. The van der Waals surface area contributed by atoms with E-state index in [-0.39, 0.29) is 0 Å². The van der Waals surface area contributed by atoms with Gasteiger partial charge in [0.2, 0.25) is 0 Å². The summed E-state index contributed by atoms with van der Waals surface area (Å²) in [5.74, 6) is 1.62. The molecular weight excluding hydrogens is 436 g/mol. The Bertz CT molecular complexity index is 921. The van der Waals surface area contributed by atoms with Crippen LogP contribution in [0.2, 0.25) is 0 Å². The first-order valence-electron chi connectivity index (χ1n) is 12.8. The fraction of sp³-hybridized carbons (Fsp3) is 0.483. The Morgan fingerprint density at radius 2 is 1.82 bits per heavy atom. The standard InChI is InChI=1S/C14H14N4S.C8H16.C3H6.2C2H6/c1-9-4-3-5-10(2)19-11(8-9)12-13-14(15)16-6-7-18(13)17-12;1-2-8-6-4-3-5-7-8;1-3-2;2*1-2/h3-8,17H,1H2,2H3,(H2,15,16);8H,2-7H2,1H3;3H,1H2,2H3;2*1-2H3/b4-3-,10-5-,11-8-;;;;. The van der Waals surface area contributed by atoms with Crippen LogP contribution in [0.3, 0.4) is 0 Å². The van der Waals surface area contributed by atoms with Crippen LogP contribution in [-0.4, -0.2) is 14.6 Å². The van der Waals surface area contributed by atoms with Gasteiger partial charge in [0.25, 0.3) is 0 Å². The molecule has 3 N–H and O–H groups in total. The van der Waals surface area contributed by atoms with Crippen LogP contribution in [0.1, 0.15) is 92.7 Å². The van der Waals surface area contributed by atoms with Crippen molar-refractivity contribution < 1.29 is 0 Å². The van der Waals surface area contributed by atoms with Crippen molar-refractivity contribution in [2.75, 3.05) is 5.73 Å². The molecule has 0 saturated heterocycles. The van der Waals surface area contributed by atoms with Crippen LogP contribution in [0.15, 0.2) is 66.4 Å². The van der Waals surface area contributed by atoms with Crippen molar-refractivity contribution in [1.82, 2.24) is 14.6 Å². The number of hydrogen-bond donors (Lipinski definition) is 2. The van der Waals surface area contributed by atoms with Gasteiger partial charge in [-0.2, -0.15) is 0 Å². The summed E-state index contributed by atoms with van der Waals surface area (Å²) in [7, 11) is 0. The van der Waals surface area contributed by atoms with E-state index in [1.807, 2.05) is 57.5 Å². The van der Waals surface area contributed by atoms with Crippen molar-refractivity contribution in [1.29, 1.82) is 0 Å². The highest BCUT2D eigenvalue weighted by Gasteiger charge is 2.16. The summed E-state index contributed by atoms with van der Waals surface area (Å²) in [4.78, 5) is 6.44. The molecular formula is C29H48N4S. The Balaban J connectivity index is 0.000000605. The first-order chi connectivity index (χ1) is 16.5. The molecule has 2 aliphatic rings. The Hall–Kier alpha value is -2.40. The minimum absolute atomic E-state index is 0.530. The lowest BCUT2D eigenvalue weighted by Gasteiger charge is -2.18. The summed E-state index contributed by atoms with van der Waals surface area (Å²) >= 11 is 1.69. The lowest BCUT2D eigenvalue weighted by Crippen LogP contribution is -2.11. The monoisotopic (exact) mass is 484 g/mol. The molecule has 5 heteroatoms. The highest BCUT2D eigenvalue weighted by molar-refractivity contribution is 8.11. The summed E-state index contributed by atoms with van der Waals surface area (Å²) < 4.78 is 1.87. The molecule has 1 saturated carbocycles. The van der Waals surface area contributed by atoms with Gasteiger partial charge in [0.1, 0.15) is 5.52 Å². The van der Waals surface area contributed by atoms with Crippen molar-refractivity contribution in [3.8, 4) is 0 Å². The number of aromatic amines is 1. The van der Waals surface area contributed by atoms with E-state index in [0.717, 1.165) is 27.6 Å². The normalized spacial score (nSPS) is 19.3. The first-order valence-corrected chi connectivity index (χ1v) is 13.6. The third-order valence-electron chi connectivity index (χ3n) is 5.16. The van der Waals surface area contributed by atoms with Gasteiger partial charge >= 0.3 is 0 Å². The number of nitrogens with one attached hydrogen (secondary N) is 1. The maximum absolute atomic E-state index is 5.93. The highest BCUT2D eigenvalue weighted by atomic mass is 32.2. The maximum atomic E-state index is 5.93. The van der Waals surface area contributed by atoms with E-state index in [1.54, 1.807) is 24.0 Å². The predicted octanol–water partition coefficient (Wildman–Crippen LogP) is 9.57. The minimum atomic E-state index is 0.530. The van der Waals surface area contributed by atoms with Gasteiger partial charge in [-0.05, 0) is 36.3 Å². The summed E-state index contributed by atoms with van der Waals surface area (Å²) in [6.07, 6.45) is 22.3. The molecule has 0 amide bonds. The Morgan fingerprint density at radius 3 is 2.35 bits per heavy atom. The third kappa shape index (κ3) is 10.7. The van der Waals surface area contributed by atoms with Crippen LogP contribution < -0.4 is 5.73 Å². The molecule has 0 atom stereocenters. The molecule has 2 aromatic heterocycles. The molecule has 34 heavy (non-hydrogen) atoms. The van der Waals surface area contributed by atoms with Crippen LogP contribution in [0.4, 0.5) is 5.82 Å². The number of thioether (sulfide) groups is 1. The third-order valence-corrected chi connectivity index (χ3v) is 6.16. The van der Waals surface area contributed by atoms with Crippen molar-refractivity contribution in [2.45, 2.75) is 87.0 Å². The fourth-order valence-electron chi connectivity index (χ4n) is 3.55. The zero-order valence-electron chi connectivity index (χ0n) is 22.7. The Kier molecular flexibility index (Phi) is 17.6. The largest absolute Gasteiger partial charge is 0.382 e. The van der Waals surface area contributed by atoms with Crippen LogP contribution in [0, 0.1) is 5.92 Å². The number of nitrogens with zero attached hydrogens (tertiary/aromatic N) is 2. The van der Waals surface area contributed by atoms with Gasteiger partial charge in [-0.25, -0.2) is 4.98 Å². The van der Waals surface area contributed by atoms with Crippen molar-refractivity contribution in [3.05, 3.63) is 72.1 Å². The zero-order valence-corrected chi connectivity index (χ0v) is 23.5. The van der Waals surface area contributed by atoms with Gasteiger partial charge in [-0.15, -0.1) is 6.58 Å². The average molecular weight is 485 g/mol. The van der Waals surface area contributed by atoms with Crippen LogP contribution in [0.25, 0.3) is 10.4 Å². The number of anilines is 1. The summed E-state index contributed by atoms with van der Waals surface area (Å²) in [6, 6.07) is 0. The molecule has 0 bridgehead atoms. The van der Waals surface area contributed by atoms with Gasteiger partial charge in [-0.3, -0.25) is 9.61 Å². The van der Waals surface area contributed by atoms with E-state index < -0.39 is 0 Å². The second kappa shape index (κ2) is 19.0. The lowest BCUT2D eigenvalue weighted by atomic mass is 9.88. The SMILES string of the molecule is C=C1/C=C\C=C(\C)S/C(c2[nH]n3ccnc(N)c23)=C\1.C=CC.CC.CC.CCC1CCCCC1. The number of nitrogen functional groups attached to an aromatic ring is 1. The molecule has 1 fully saturated rings. The first kappa shape index (κ1) is 31.6. The zero-order chi connectivity index (χ0) is 25.9. The smallest absolute Gasteiger partial charge is 0.151 e. The van der Waals surface area contributed by atoms with Gasteiger partial charge < -0.3 is 5.73 Å². The van der Waals surface area contributed by atoms with E-state index in [1.165, 1.54) is 43.4 Å². The summed E-state index contributed by atoms with van der Waals surface area (Å²) in [5, 5.41) is 3.25. The molecule has 0 unspecified atom stereocenters. The molecule has 2 aromatic rings. The van der Waals surface area contributed by atoms with Gasteiger partial charge in [-0.1, -0.05) is 116 Å². The number of fused-ring (bicyclic) bond motifs is 1. The van der Waals surface area contributed by atoms with E-state index in [4.69, 9.17) is 5.73 Å². The van der Waals surface area contributed by atoms with Crippen molar-refractivity contribution >= 4 is 28.0 Å². The molecule has 3 heterocycles. The second-order valence-electron chi connectivity index (χ2n) is 7.66. The number of allylic oxidation sites excluding steroid dienone is 7. The molecule has 1 aliphatic carbocycles. The fourth-order valence-corrected chi connectivity index (χ4v) is 4.50. The molecule has 0 aromatic carbocycles. The molecule has 190 valence electrons. The van der Waals surface area contributed by atoms with E-state index >= 15 is 0 Å². The quantitative estimate of drug-likeness (QED) is 0.417. The minimum Gasteiger partial charge on any atom is -0.382 e. The second-order valence-corrected chi connectivity index (χ2v) is 8.95. The predicted molar refractivity (Wildman–Crippen MR) is 157 cm³/mol. The highest BCUT2D eigenvalue weighted by Crippen LogP contribution is 2.38. The van der Waals surface area contributed by atoms with Gasteiger partial charge in [0.05, 0.1) is 5.69 Å². The Morgan fingerprint density at radius 1 is 1.21 bits per heavy atom. The van der Waals surface area contributed by atoms with E-state index in [2.05, 4.69) is 49.2 Å². The van der Waals surface area contributed by atoms with E-state index in [9.17, 15) is 0 Å². The van der Waals surface area contributed by atoms with Crippen LogP contribution >= 0.6 is 11.8 Å². The molecule has 4 nitrogen and oxygen atoms in total. The van der Waals surface area contributed by atoms with Crippen LogP contribution in [0.5, 0.6) is 0 Å². The van der Waals surface area contributed by atoms with Gasteiger partial charge in [0, 0.05) is 17.3 Å². The van der Waals surface area contributed by atoms with Gasteiger partial charge in [0.15, 0.2) is 5.82 Å². The Labute approximate surface area is 213 Å². The average Bonchev–Trinajstić information content (AvgIpc) is 2.83. The number of H-pyrrole nitrogens is 1. The molecule has 0 radical (unpaired) electrons. The van der Waals surface area contributed by atoms with E-state index in [0.29, 0.717) is 5.82 Å². The van der Waals surface area contributed by atoms with Crippen molar-refractivity contribution in [3.63, 3.8) is 0 Å². The summed E-state index contributed by atoms with van der Waals surface area (Å²) in [6.45, 7) is 21.7. The van der Waals surface area contributed by atoms with Crippen molar-refractivity contribution in [2.24, 2.45) is 5.92 Å². The lowest BCUT2D eigenvalue weighted by molar-refractivity contribution is 0.349. The van der Waals surface area contributed by atoms with Crippen LogP contribution in [-0.2, 0) is 0 Å². The number of hydrogen-bond acceptors (Lipinski definition) is 3. The summed E-state index contributed by atoms with van der Waals surface area (Å²) in [5.41, 5.74) is 8.81. The molecule has 1 aliphatic heterocycles. The maximum Gasteiger partial charge on any atom is 0.151 e. The number of rotatable bonds is 2. The molecule has 4 rings (SSSR count). The molecule has 0 spiro atoms.